The van der Waals surface area contributed by atoms with Crippen molar-refractivity contribution in [1.82, 2.24) is 10.2 Å². The molecule has 2 saturated carbocycles. The van der Waals surface area contributed by atoms with Gasteiger partial charge in [-0.05, 0) is 60.6 Å². The van der Waals surface area contributed by atoms with E-state index in [1.165, 1.54) is 12.0 Å². The second kappa shape index (κ2) is 10.9. The average Bonchev–Trinajstić information content (AvgIpc) is 3.59. The summed E-state index contributed by atoms with van der Waals surface area (Å²) in [4.78, 5) is 44.5. The molecule has 0 unspecified atom stereocenters. The summed E-state index contributed by atoms with van der Waals surface area (Å²) in [6.07, 6.45) is 10.6. The van der Waals surface area contributed by atoms with E-state index in [1.54, 1.807) is 0 Å². The van der Waals surface area contributed by atoms with Crippen molar-refractivity contribution in [2.45, 2.75) is 115 Å². The smallest absolute Gasteiger partial charge is 0.246 e. The van der Waals surface area contributed by atoms with Crippen LogP contribution in [-0.4, -0.2) is 52.5 Å². The van der Waals surface area contributed by atoms with Crippen LogP contribution in [0, 0.1) is 29.6 Å². The van der Waals surface area contributed by atoms with Crippen LogP contribution in [0.15, 0.2) is 36.4 Å². The largest absolute Gasteiger partial charge is 0.359 e. The summed E-state index contributed by atoms with van der Waals surface area (Å²) >= 11 is 0. The monoisotopic (exact) mass is 561 g/mol. The van der Waals surface area contributed by atoms with Crippen LogP contribution < -0.4 is 10.6 Å². The molecule has 7 nitrogen and oxygen atoms in total. The zero-order valence-electron chi connectivity index (χ0n) is 25.3. The maximum atomic E-state index is 14.5. The van der Waals surface area contributed by atoms with Crippen LogP contribution in [0.1, 0.15) is 91.0 Å². The lowest BCUT2D eigenvalue weighted by molar-refractivity contribution is -0.146. The normalized spacial score (nSPS) is 39.7. The van der Waals surface area contributed by atoms with Crippen molar-refractivity contribution in [2.75, 3.05) is 5.32 Å². The van der Waals surface area contributed by atoms with E-state index in [-0.39, 0.29) is 29.8 Å². The molecular formula is C34H47N3O4. The molecule has 6 rings (SSSR count). The lowest BCUT2D eigenvalue weighted by Gasteiger charge is -2.42. The van der Waals surface area contributed by atoms with Gasteiger partial charge in [0.2, 0.25) is 17.7 Å². The summed E-state index contributed by atoms with van der Waals surface area (Å²) in [7, 11) is 0. The predicted octanol–water partition coefficient (Wildman–Crippen LogP) is 5.42. The van der Waals surface area contributed by atoms with Crippen LogP contribution in [0.4, 0.5) is 5.69 Å². The van der Waals surface area contributed by atoms with E-state index in [2.05, 4.69) is 45.3 Å². The van der Waals surface area contributed by atoms with Crippen LogP contribution in [0.2, 0.25) is 0 Å². The first kappa shape index (κ1) is 28.4. The number of nitrogens with one attached hydrogen (secondary N) is 2. The molecule has 1 aromatic rings. The first-order valence-corrected chi connectivity index (χ1v) is 16.0. The topological polar surface area (TPSA) is 87.7 Å². The molecule has 222 valence electrons. The molecule has 3 heterocycles. The molecule has 4 fully saturated rings. The Bertz CT molecular complexity index is 1210. The Labute approximate surface area is 244 Å². The molecule has 0 radical (unpaired) electrons. The molecular weight excluding hydrogens is 514 g/mol. The number of nitrogens with zero attached hydrogens (tertiary/aromatic N) is 1. The van der Waals surface area contributed by atoms with Gasteiger partial charge in [0, 0.05) is 17.8 Å². The number of rotatable bonds is 6. The van der Waals surface area contributed by atoms with E-state index in [0.717, 1.165) is 38.5 Å². The Kier molecular flexibility index (Phi) is 7.54. The minimum atomic E-state index is -1.12. The van der Waals surface area contributed by atoms with Crippen LogP contribution in [0.5, 0.6) is 0 Å². The van der Waals surface area contributed by atoms with Crippen LogP contribution >= 0.6 is 0 Å². The summed E-state index contributed by atoms with van der Waals surface area (Å²) in [5, 5.41) is 6.45. The van der Waals surface area contributed by atoms with Crippen LogP contribution in [0.25, 0.3) is 0 Å². The number of hydrogen-bond acceptors (Lipinski definition) is 4. The minimum Gasteiger partial charge on any atom is -0.359 e. The zero-order valence-corrected chi connectivity index (χ0v) is 25.3. The first-order chi connectivity index (χ1) is 19.6. The molecule has 1 spiro atoms. The Morgan fingerprint density at radius 2 is 1.66 bits per heavy atom. The molecule has 10 atom stereocenters. The SMILES string of the molecule is CC(C)c1ccc(NC(=O)[C@H]2[C@H]3C=C[C@@]4(O3)[C@H]2C(=O)N([C@@H]2CCCC[C@@H]2C)[C@@H]4C(=O)N[C@@H]2CCC[C@H](C)[C@H]2C)cc1. The molecule has 41 heavy (non-hydrogen) atoms. The summed E-state index contributed by atoms with van der Waals surface area (Å²) in [6.45, 7) is 11.0. The van der Waals surface area contributed by atoms with Crippen molar-refractivity contribution in [3.63, 3.8) is 0 Å². The Morgan fingerprint density at radius 3 is 2.37 bits per heavy atom. The first-order valence-electron chi connectivity index (χ1n) is 16.0. The van der Waals surface area contributed by atoms with Crippen molar-refractivity contribution < 1.29 is 19.1 Å². The fourth-order valence-corrected chi connectivity index (χ4v) is 8.50. The fraction of sp³-hybridized carbons (Fsp3) is 0.676. The number of fused-ring (bicyclic) bond motifs is 1. The number of carbonyl (C=O) groups excluding carboxylic acids is 3. The molecule has 2 aliphatic carbocycles. The van der Waals surface area contributed by atoms with E-state index in [0.29, 0.717) is 29.4 Å². The van der Waals surface area contributed by atoms with Gasteiger partial charge < -0.3 is 20.3 Å². The molecule has 7 heteroatoms. The quantitative estimate of drug-likeness (QED) is 0.454. The number of amides is 3. The predicted molar refractivity (Wildman–Crippen MR) is 159 cm³/mol. The third-order valence-corrected chi connectivity index (χ3v) is 11.2. The third-order valence-electron chi connectivity index (χ3n) is 11.2. The van der Waals surface area contributed by atoms with Gasteiger partial charge in [0.15, 0.2) is 0 Å². The van der Waals surface area contributed by atoms with Crippen molar-refractivity contribution in [2.24, 2.45) is 29.6 Å². The van der Waals surface area contributed by atoms with Gasteiger partial charge in [-0.2, -0.15) is 0 Å². The molecule has 0 aromatic heterocycles. The maximum absolute atomic E-state index is 14.5. The average molecular weight is 562 g/mol. The van der Waals surface area contributed by atoms with Gasteiger partial charge in [0.05, 0.1) is 17.9 Å². The highest BCUT2D eigenvalue weighted by atomic mass is 16.5. The molecule has 2 bridgehead atoms. The van der Waals surface area contributed by atoms with Gasteiger partial charge in [-0.3, -0.25) is 14.4 Å². The van der Waals surface area contributed by atoms with E-state index < -0.39 is 29.6 Å². The van der Waals surface area contributed by atoms with Gasteiger partial charge in [0.1, 0.15) is 11.6 Å². The Hall–Kier alpha value is -2.67. The van der Waals surface area contributed by atoms with Gasteiger partial charge in [-0.1, -0.05) is 84.6 Å². The van der Waals surface area contributed by atoms with Crippen molar-refractivity contribution in [3.8, 4) is 0 Å². The molecule has 3 amide bonds. The maximum Gasteiger partial charge on any atom is 0.246 e. The highest BCUT2D eigenvalue weighted by Gasteiger charge is 2.73. The number of ether oxygens (including phenoxy) is 1. The summed E-state index contributed by atoms with van der Waals surface area (Å²) in [5.41, 5.74) is 0.792. The van der Waals surface area contributed by atoms with Crippen molar-refractivity contribution in [1.29, 1.82) is 0 Å². The van der Waals surface area contributed by atoms with Crippen LogP contribution in [0.3, 0.4) is 0 Å². The summed E-state index contributed by atoms with van der Waals surface area (Å²) < 4.78 is 6.61. The number of hydrogen-bond donors (Lipinski definition) is 2. The highest BCUT2D eigenvalue weighted by Crippen LogP contribution is 2.56. The van der Waals surface area contributed by atoms with E-state index in [4.69, 9.17) is 4.74 Å². The van der Waals surface area contributed by atoms with Crippen molar-refractivity contribution >= 4 is 23.4 Å². The molecule has 1 aromatic carbocycles. The number of likely N-dealkylation sites (tertiary alicyclic amines) is 1. The Morgan fingerprint density at radius 1 is 0.951 bits per heavy atom. The van der Waals surface area contributed by atoms with Gasteiger partial charge in [-0.25, -0.2) is 0 Å². The van der Waals surface area contributed by atoms with Gasteiger partial charge >= 0.3 is 0 Å². The number of carbonyl (C=O) groups is 3. The summed E-state index contributed by atoms with van der Waals surface area (Å²) in [6, 6.07) is 7.18. The third kappa shape index (κ3) is 4.72. The second-order valence-electron chi connectivity index (χ2n) is 13.9. The standard InChI is InChI=1S/C34H47N3O4/c1-19(2)23-13-15-24(16-14-23)35-31(38)28-27-17-18-34(41-27)29(28)33(40)37(26-12-7-6-9-21(26)4)30(34)32(39)36-25-11-8-10-20(3)22(25)5/h13-22,25-30H,6-12H2,1-5H3,(H,35,38)(H,36,39)/t20-,21-,22+,25+,26+,27+,28-,29+,30+,34+/m0/s1. The van der Waals surface area contributed by atoms with Crippen LogP contribution in [-0.2, 0) is 19.1 Å². The Balaban J connectivity index is 1.31. The van der Waals surface area contributed by atoms with E-state index in [1.807, 2.05) is 41.3 Å². The zero-order chi connectivity index (χ0) is 29.1. The van der Waals surface area contributed by atoms with E-state index >= 15 is 0 Å². The van der Waals surface area contributed by atoms with Gasteiger partial charge in [-0.15, -0.1) is 0 Å². The molecule has 3 aliphatic heterocycles. The highest BCUT2D eigenvalue weighted by molar-refractivity contribution is 6.03. The number of benzene rings is 1. The second-order valence-corrected chi connectivity index (χ2v) is 13.9. The lowest BCUT2D eigenvalue weighted by atomic mass is 9.73. The lowest BCUT2D eigenvalue weighted by Crippen LogP contribution is -2.60. The minimum absolute atomic E-state index is 0.0296. The molecule has 2 saturated heterocycles. The molecule has 2 N–H and O–H groups in total. The van der Waals surface area contributed by atoms with Gasteiger partial charge in [0.25, 0.3) is 0 Å². The summed E-state index contributed by atoms with van der Waals surface area (Å²) in [5.74, 6) is -0.223. The van der Waals surface area contributed by atoms with E-state index in [9.17, 15) is 14.4 Å². The molecule has 5 aliphatic rings. The fourth-order valence-electron chi connectivity index (χ4n) is 8.50. The van der Waals surface area contributed by atoms with Crippen molar-refractivity contribution in [3.05, 3.63) is 42.0 Å². The number of anilines is 1.